The molecule has 2 rings (SSSR count). The van der Waals surface area contributed by atoms with Crippen molar-refractivity contribution in [2.75, 3.05) is 0 Å². The lowest BCUT2D eigenvalue weighted by molar-refractivity contribution is -0.191. The molecule has 1 amide bonds. The topological polar surface area (TPSA) is 37.4 Å². The zero-order valence-corrected chi connectivity index (χ0v) is 9.16. The lowest BCUT2D eigenvalue weighted by Crippen LogP contribution is -2.41. The molecule has 1 heterocycles. The van der Waals surface area contributed by atoms with Crippen molar-refractivity contribution in [3.05, 3.63) is 29.8 Å². The minimum absolute atomic E-state index is 0.243. The van der Waals surface area contributed by atoms with E-state index in [1.165, 1.54) is 24.3 Å². The molecule has 1 aromatic rings. The Morgan fingerprint density at radius 3 is 2.31 bits per heavy atom. The number of amides is 1. The molecule has 0 radical (unpaired) electrons. The smallest absolute Gasteiger partial charge is 0.268 e. The van der Waals surface area contributed by atoms with Crippen LogP contribution in [-0.2, 0) is 19.9 Å². The van der Waals surface area contributed by atoms with E-state index in [0.29, 0.717) is 0 Å². The van der Waals surface area contributed by atoms with E-state index < -0.39 is 25.2 Å². The second kappa shape index (κ2) is 3.17. The Bertz CT molecular complexity index is 565. The molecule has 1 aliphatic heterocycles. The van der Waals surface area contributed by atoms with Gasteiger partial charge >= 0.3 is 6.30 Å². The van der Waals surface area contributed by atoms with Crippen LogP contribution in [0.1, 0.15) is 10.4 Å². The third-order valence-corrected chi connectivity index (χ3v) is 4.80. The number of alkyl halides is 3. The largest absolute Gasteiger partial charge is 0.499 e. The molecule has 0 aliphatic carbocycles. The van der Waals surface area contributed by atoms with Crippen LogP contribution in [0.5, 0.6) is 0 Å². The first kappa shape index (κ1) is 11.3. The van der Waals surface area contributed by atoms with Crippen LogP contribution < -0.4 is 0 Å². The van der Waals surface area contributed by atoms with E-state index in [1.807, 2.05) is 0 Å². The van der Waals surface area contributed by atoms with Crippen molar-refractivity contribution in [1.29, 1.82) is 0 Å². The Hall–Kier alpha value is -1.15. The van der Waals surface area contributed by atoms with E-state index in [0.717, 1.165) is 0 Å². The number of fused-ring (bicyclic) bond motifs is 1. The molecule has 0 spiro atoms. The van der Waals surface area contributed by atoms with Gasteiger partial charge in [0.15, 0.2) is 8.68 Å². The SMILES string of the molecule is O=C1c2ccccc2S(=O)(=S)N1C(F)(F)F. The summed E-state index contributed by atoms with van der Waals surface area (Å²) in [5.41, 5.74) is -0.250. The predicted octanol–water partition coefficient (Wildman–Crippen LogP) is 1.68. The van der Waals surface area contributed by atoms with Crippen LogP contribution in [0, 0.1) is 0 Å². The van der Waals surface area contributed by atoms with E-state index in [-0.39, 0.29) is 10.5 Å². The Labute approximate surface area is 93.7 Å². The minimum atomic E-state index is -5.03. The van der Waals surface area contributed by atoms with Crippen LogP contribution in [0.3, 0.4) is 0 Å². The summed E-state index contributed by atoms with van der Waals surface area (Å²) in [4.78, 5) is 11.2. The van der Waals surface area contributed by atoms with E-state index >= 15 is 0 Å². The summed E-state index contributed by atoms with van der Waals surface area (Å²) >= 11 is 4.42. The van der Waals surface area contributed by atoms with Crippen LogP contribution in [0.4, 0.5) is 13.2 Å². The monoisotopic (exact) mass is 267 g/mol. The molecule has 8 heteroatoms. The number of carbonyl (C=O) groups is 1. The molecule has 1 unspecified atom stereocenters. The third-order valence-electron chi connectivity index (χ3n) is 2.05. The fourth-order valence-electron chi connectivity index (χ4n) is 1.44. The molecule has 1 atom stereocenters. The minimum Gasteiger partial charge on any atom is -0.268 e. The van der Waals surface area contributed by atoms with Gasteiger partial charge in [-0.05, 0) is 12.1 Å². The molecule has 0 fully saturated rings. The van der Waals surface area contributed by atoms with Crippen molar-refractivity contribution in [3.63, 3.8) is 0 Å². The van der Waals surface area contributed by atoms with Gasteiger partial charge in [-0.3, -0.25) is 4.79 Å². The number of benzene rings is 1. The molecule has 0 N–H and O–H groups in total. The van der Waals surface area contributed by atoms with Crippen LogP contribution in [-0.4, -0.2) is 20.7 Å². The second-order valence-corrected chi connectivity index (χ2v) is 6.15. The van der Waals surface area contributed by atoms with Crippen molar-refractivity contribution >= 4 is 25.8 Å². The van der Waals surface area contributed by atoms with Crippen molar-refractivity contribution in [1.82, 2.24) is 4.31 Å². The van der Waals surface area contributed by atoms with Crippen molar-refractivity contribution in [3.8, 4) is 0 Å². The average Bonchev–Trinajstić information content (AvgIpc) is 2.34. The fraction of sp³-hybridized carbons (Fsp3) is 0.125. The first-order valence-electron chi connectivity index (χ1n) is 4.02. The Balaban J connectivity index is 2.73. The number of rotatable bonds is 0. The molecule has 0 saturated carbocycles. The Morgan fingerprint density at radius 1 is 1.25 bits per heavy atom. The van der Waals surface area contributed by atoms with Gasteiger partial charge in [-0.15, -0.1) is 13.2 Å². The highest BCUT2D eigenvalue weighted by molar-refractivity contribution is 8.32. The van der Waals surface area contributed by atoms with Crippen LogP contribution >= 0.6 is 0 Å². The summed E-state index contributed by atoms with van der Waals surface area (Å²) in [6.45, 7) is 0. The van der Waals surface area contributed by atoms with Crippen LogP contribution in [0.15, 0.2) is 29.2 Å². The highest BCUT2D eigenvalue weighted by atomic mass is 32.8. The molecule has 0 saturated heterocycles. The summed E-state index contributed by atoms with van der Waals surface area (Å²) in [5.74, 6) is -1.36. The lowest BCUT2D eigenvalue weighted by Gasteiger charge is -2.19. The zero-order chi connectivity index (χ0) is 12.1. The average molecular weight is 267 g/mol. The highest BCUT2D eigenvalue weighted by Gasteiger charge is 2.53. The van der Waals surface area contributed by atoms with Gasteiger partial charge in [0.2, 0.25) is 0 Å². The number of hydrogen-bond acceptors (Lipinski definition) is 3. The van der Waals surface area contributed by atoms with E-state index in [4.69, 9.17) is 0 Å². The molecule has 1 aromatic carbocycles. The van der Waals surface area contributed by atoms with Gasteiger partial charge in [-0.1, -0.05) is 12.1 Å². The summed E-state index contributed by atoms with van der Waals surface area (Å²) in [5, 5.41) is 0. The maximum absolute atomic E-state index is 12.5. The number of nitrogens with zero attached hydrogens (tertiary/aromatic N) is 1. The zero-order valence-electron chi connectivity index (χ0n) is 7.52. The summed E-state index contributed by atoms with van der Waals surface area (Å²) in [6.07, 6.45) is -5.03. The van der Waals surface area contributed by atoms with Gasteiger partial charge in [0.05, 0.1) is 10.5 Å². The lowest BCUT2D eigenvalue weighted by atomic mass is 10.2. The van der Waals surface area contributed by atoms with E-state index in [1.54, 1.807) is 0 Å². The van der Waals surface area contributed by atoms with Crippen molar-refractivity contribution in [2.24, 2.45) is 0 Å². The molecule has 0 bridgehead atoms. The van der Waals surface area contributed by atoms with Gasteiger partial charge in [-0.25, -0.2) is 4.21 Å². The first-order valence-corrected chi connectivity index (χ1v) is 6.46. The van der Waals surface area contributed by atoms with Crippen molar-refractivity contribution < 1.29 is 22.2 Å². The van der Waals surface area contributed by atoms with E-state index in [2.05, 4.69) is 11.2 Å². The maximum atomic E-state index is 12.5. The van der Waals surface area contributed by atoms with Gasteiger partial charge in [0.25, 0.3) is 5.91 Å². The normalized spacial score (nSPS) is 24.7. The second-order valence-electron chi connectivity index (χ2n) is 3.04. The fourth-order valence-corrected chi connectivity index (χ4v) is 3.80. The summed E-state index contributed by atoms with van der Waals surface area (Å²) in [6, 6.07) is 5.13. The molecule has 1 aliphatic rings. The Morgan fingerprint density at radius 2 is 1.81 bits per heavy atom. The maximum Gasteiger partial charge on any atom is 0.499 e. The third kappa shape index (κ3) is 1.40. The highest BCUT2D eigenvalue weighted by Crippen LogP contribution is 2.38. The summed E-state index contributed by atoms with van der Waals surface area (Å²) < 4.78 is 48.7. The number of hydrogen-bond donors (Lipinski definition) is 0. The van der Waals surface area contributed by atoms with Crippen molar-refractivity contribution in [2.45, 2.75) is 11.2 Å². The predicted molar refractivity (Wildman–Crippen MR) is 52.4 cm³/mol. The molecular weight excluding hydrogens is 263 g/mol. The molecule has 86 valence electrons. The Kier molecular flexibility index (Phi) is 2.25. The van der Waals surface area contributed by atoms with E-state index in [9.17, 15) is 22.2 Å². The van der Waals surface area contributed by atoms with Gasteiger partial charge in [0.1, 0.15) is 0 Å². The molecule has 3 nitrogen and oxygen atoms in total. The van der Waals surface area contributed by atoms with Gasteiger partial charge in [-0.2, -0.15) is 4.31 Å². The first-order chi connectivity index (χ1) is 7.26. The van der Waals surface area contributed by atoms with Gasteiger partial charge < -0.3 is 0 Å². The standard InChI is InChI=1S/C8H4F3NO2S2/c9-8(10,11)12-7(13)5-3-1-2-4-6(5)16(12,14)15/h1-4H. The molecule has 0 aromatic heterocycles. The quantitative estimate of drug-likeness (QED) is 0.671. The number of halogens is 3. The van der Waals surface area contributed by atoms with Gasteiger partial charge in [0, 0.05) is 11.2 Å². The molecular formula is C8H4F3NO2S2. The number of carbonyl (C=O) groups excluding carboxylic acids is 1. The molecule has 16 heavy (non-hydrogen) atoms. The van der Waals surface area contributed by atoms with Crippen LogP contribution in [0.25, 0.3) is 0 Å². The van der Waals surface area contributed by atoms with Crippen LogP contribution in [0.2, 0.25) is 0 Å². The summed E-state index contributed by atoms with van der Waals surface area (Å²) in [7, 11) is -3.96.